The van der Waals surface area contributed by atoms with E-state index in [-0.39, 0.29) is 12.4 Å². The molecule has 4 nitrogen and oxygen atoms in total. The number of furan rings is 1. The van der Waals surface area contributed by atoms with Crippen molar-refractivity contribution in [2.75, 3.05) is 19.7 Å². The summed E-state index contributed by atoms with van der Waals surface area (Å²) in [7, 11) is 0. The fourth-order valence-electron chi connectivity index (χ4n) is 3.07. The normalized spacial score (nSPS) is 12.0. The van der Waals surface area contributed by atoms with Crippen LogP contribution in [0.2, 0.25) is 0 Å². The first-order valence-corrected chi connectivity index (χ1v) is 8.79. The van der Waals surface area contributed by atoms with Gasteiger partial charge in [-0.05, 0) is 23.8 Å². The summed E-state index contributed by atoms with van der Waals surface area (Å²) in [4.78, 5) is 0. The lowest BCUT2D eigenvalue weighted by Crippen LogP contribution is -2.26. The SMILES string of the molecule is Cl.OC(CNCCOc1ccc2c(c1)oc1ccccc12)c1ccccc1. The number of aliphatic hydroxyl groups excluding tert-OH is 1. The van der Waals surface area contributed by atoms with Crippen molar-refractivity contribution in [3.05, 3.63) is 78.4 Å². The fraction of sp³-hybridized carbons (Fsp3) is 0.182. The van der Waals surface area contributed by atoms with Gasteiger partial charge in [0.05, 0.1) is 6.10 Å². The molecule has 0 aliphatic heterocycles. The Morgan fingerprint density at radius 2 is 1.63 bits per heavy atom. The number of rotatable bonds is 7. The third kappa shape index (κ3) is 4.42. The molecular weight excluding hydrogens is 362 g/mol. The molecule has 2 N–H and O–H groups in total. The van der Waals surface area contributed by atoms with E-state index in [9.17, 15) is 5.11 Å². The largest absolute Gasteiger partial charge is 0.492 e. The molecule has 0 spiro atoms. The molecule has 1 heterocycles. The van der Waals surface area contributed by atoms with Crippen LogP contribution in [0.1, 0.15) is 11.7 Å². The second-order valence-corrected chi connectivity index (χ2v) is 6.24. The van der Waals surface area contributed by atoms with Gasteiger partial charge < -0.3 is 19.6 Å². The first kappa shape index (κ1) is 19.2. The van der Waals surface area contributed by atoms with Crippen LogP contribution in [0, 0.1) is 0 Å². The van der Waals surface area contributed by atoms with Crippen molar-refractivity contribution in [2.24, 2.45) is 0 Å². The number of aliphatic hydroxyl groups is 1. The number of benzene rings is 3. The van der Waals surface area contributed by atoms with Crippen molar-refractivity contribution in [1.29, 1.82) is 0 Å². The molecule has 4 rings (SSSR count). The van der Waals surface area contributed by atoms with Crippen molar-refractivity contribution >= 4 is 34.3 Å². The lowest BCUT2D eigenvalue weighted by molar-refractivity contribution is 0.172. The summed E-state index contributed by atoms with van der Waals surface area (Å²) < 4.78 is 11.7. The zero-order chi connectivity index (χ0) is 17.8. The predicted octanol–water partition coefficient (Wildman–Crippen LogP) is 4.71. The van der Waals surface area contributed by atoms with E-state index in [4.69, 9.17) is 9.15 Å². The minimum absolute atomic E-state index is 0. The van der Waals surface area contributed by atoms with Gasteiger partial charge in [-0.3, -0.25) is 0 Å². The maximum Gasteiger partial charge on any atom is 0.139 e. The number of para-hydroxylation sites is 1. The van der Waals surface area contributed by atoms with E-state index in [1.165, 1.54) is 0 Å². The van der Waals surface area contributed by atoms with Gasteiger partial charge in [-0.15, -0.1) is 12.4 Å². The van der Waals surface area contributed by atoms with Gasteiger partial charge >= 0.3 is 0 Å². The summed E-state index contributed by atoms with van der Waals surface area (Å²) in [5.74, 6) is 0.780. The van der Waals surface area contributed by atoms with Crippen LogP contribution < -0.4 is 10.1 Å². The molecule has 0 saturated carbocycles. The number of ether oxygens (including phenoxy) is 1. The van der Waals surface area contributed by atoms with Crippen LogP contribution in [0.15, 0.2) is 77.2 Å². The highest BCUT2D eigenvalue weighted by Gasteiger charge is 2.08. The standard InChI is InChI=1S/C22H21NO3.ClH/c24-20(16-6-2-1-3-7-16)15-23-12-13-25-17-10-11-19-18-8-4-5-9-21(18)26-22(19)14-17;/h1-11,14,20,23-24H,12-13,15H2;1H. The summed E-state index contributed by atoms with van der Waals surface area (Å²) in [6, 6.07) is 23.6. The monoisotopic (exact) mass is 383 g/mol. The molecule has 0 saturated heterocycles. The molecule has 3 aromatic carbocycles. The molecule has 0 amide bonds. The molecule has 4 aromatic rings. The summed E-state index contributed by atoms with van der Waals surface area (Å²) in [6.07, 6.45) is -0.511. The zero-order valence-corrected chi connectivity index (χ0v) is 15.6. The second kappa shape index (κ2) is 8.91. The smallest absolute Gasteiger partial charge is 0.139 e. The maximum absolute atomic E-state index is 10.1. The van der Waals surface area contributed by atoms with Crippen LogP contribution in [0.4, 0.5) is 0 Å². The van der Waals surface area contributed by atoms with Crippen LogP contribution in [-0.2, 0) is 0 Å². The lowest BCUT2D eigenvalue weighted by Gasteiger charge is -2.12. The molecular formula is C22H22ClNO3. The Kier molecular flexibility index (Phi) is 6.35. The van der Waals surface area contributed by atoms with E-state index in [2.05, 4.69) is 11.4 Å². The third-order valence-corrected chi connectivity index (χ3v) is 4.42. The molecule has 0 aliphatic rings. The second-order valence-electron chi connectivity index (χ2n) is 6.24. The van der Waals surface area contributed by atoms with E-state index >= 15 is 0 Å². The van der Waals surface area contributed by atoms with Crippen LogP contribution in [-0.4, -0.2) is 24.8 Å². The molecule has 0 radical (unpaired) electrons. The molecule has 0 fully saturated rings. The van der Waals surface area contributed by atoms with E-state index in [1.54, 1.807) is 0 Å². The fourth-order valence-corrected chi connectivity index (χ4v) is 3.07. The number of hydrogen-bond donors (Lipinski definition) is 2. The average molecular weight is 384 g/mol. The van der Waals surface area contributed by atoms with Crippen LogP contribution in [0.5, 0.6) is 5.75 Å². The van der Waals surface area contributed by atoms with E-state index in [0.717, 1.165) is 33.3 Å². The maximum atomic E-state index is 10.1. The number of nitrogens with one attached hydrogen (secondary N) is 1. The van der Waals surface area contributed by atoms with Gasteiger partial charge in [0.2, 0.25) is 0 Å². The number of halogens is 1. The molecule has 1 atom stereocenters. The van der Waals surface area contributed by atoms with Gasteiger partial charge in [0.15, 0.2) is 0 Å². The predicted molar refractivity (Wildman–Crippen MR) is 111 cm³/mol. The highest BCUT2D eigenvalue weighted by atomic mass is 35.5. The Morgan fingerprint density at radius 3 is 2.48 bits per heavy atom. The summed E-state index contributed by atoms with van der Waals surface area (Å²) in [5, 5.41) is 15.5. The van der Waals surface area contributed by atoms with Crippen LogP contribution in [0.3, 0.4) is 0 Å². The van der Waals surface area contributed by atoms with E-state index in [0.29, 0.717) is 19.7 Å². The summed E-state index contributed by atoms with van der Waals surface area (Å²) in [5.41, 5.74) is 2.63. The Hall–Kier alpha value is -2.53. The molecule has 5 heteroatoms. The molecule has 1 aromatic heterocycles. The topological polar surface area (TPSA) is 54.6 Å². The quantitative estimate of drug-likeness (QED) is 0.454. The van der Waals surface area contributed by atoms with Gasteiger partial charge in [0, 0.05) is 29.9 Å². The molecule has 0 bridgehead atoms. The summed E-state index contributed by atoms with van der Waals surface area (Å²) >= 11 is 0. The molecule has 0 aliphatic carbocycles. The third-order valence-electron chi connectivity index (χ3n) is 4.42. The van der Waals surface area contributed by atoms with Crippen molar-refractivity contribution in [2.45, 2.75) is 6.10 Å². The van der Waals surface area contributed by atoms with Gasteiger partial charge in [0.25, 0.3) is 0 Å². The van der Waals surface area contributed by atoms with Gasteiger partial charge in [0.1, 0.15) is 23.5 Å². The van der Waals surface area contributed by atoms with Crippen molar-refractivity contribution in [1.82, 2.24) is 5.32 Å². The van der Waals surface area contributed by atoms with Gasteiger partial charge in [-0.2, -0.15) is 0 Å². The van der Waals surface area contributed by atoms with Crippen molar-refractivity contribution < 1.29 is 14.3 Å². The van der Waals surface area contributed by atoms with Gasteiger partial charge in [-0.25, -0.2) is 0 Å². The highest BCUT2D eigenvalue weighted by molar-refractivity contribution is 6.05. The van der Waals surface area contributed by atoms with Crippen molar-refractivity contribution in [3.8, 4) is 5.75 Å². The van der Waals surface area contributed by atoms with E-state index < -0.39 is 6.10 Å². The molecule has 1 unspecified atom stereocenters. The Labute approximate surface area is 164 Å². The highest BCUT2D eigenvalue weighted by Crippen LogP contribution is 2.30. The zero-order valence-electron chi connectivity index (χ0n) is 14.8. The van der Waals surface area contributed by atoms with Crippen molar-refractivity contribution in [3.63, 3.8) is 0 Å². The molecule has 140 valence electrons. The average Bonchev–Trinajstić information content (AvgIpc) is 3.06. The first-order chi connectivity index (χ1) is 12.8. The first-order valence-electron chi connectivity index (χ1n) is 8.79. The summed E-state index contributed by atoms with van der Waals surface area (Å²) in [6.45, 7) is 1.67. The molecule has 27 heavy (non-hydrogen) atoms. The Balaban J connectivity index is 0.00000210. The Bertz CT molecular complexity index is 1000. The van der Waals surface area contributed by atoms with Gasteiger partial charge in [-0.1, -0.05) is 48.5 Å². The number of fused-ring (bicyclic) bond motifs is 3. The van der Waals surface area contributed by atoms with E-state index in [1.807, 2.05) is 66.7 Å². The minimum atomic E-state index is -0.511. The number of hydrogen-bond acceptors (Lipinski definition) is 4. The lowest BCUT2D eigenvalue weighted by atomic mass is 10.1. The van der Waals surface area contributed by atoms with Crippen LogP contribution in [0.25, 0.3) is 21.9 Å². The van der Waals surface area contributed by atoms with Crippen LogP contribution >= 0.6 is 12.4 Å². The Morgan fingerprint density at radius 1 is 0.889 bits per heavy atom. The minimum Gasteiger partial charge on any atom is -0.492 e.